The Hall–Kier alpha value is 0.343. The second-order valence-corrected chi connectivity index (χ2v) is 9.74. The fraction of sp³-hybridized carbons (Fsp3) is 0.281. The molecule has 0 aliphatic heterocycles. The number of hydrogen-bond donors (Lipinski definition) is 0. The van der Waals surface area contributed by atoms with Crippen molar-refractivity contribution in [2.24, 2.45) is 5.41 Å². The number of rotatable bonds is 7. The van der Waals surface area contributed by atoms with Gasteiger partial charge in [-0.1, -0.05) is 82.1 Å². The molecular formula is C32H39K2N-2. The maximum absolute atomic E-state index is 3.57. The number of anilines is 1. The predicted molar refractivity (Wildman–Crippen MR) is 147 cm³/mol. The SMILES string of the molecule is CC(C)(C)C[CH-]c1ccc(N(CC2=[C-]CCC=C2)Cc2ccc3ccccc3c2)cc1.[CH3-].[CH3-].[K+].[K+]. The summed E-state index contributed by atoms with van der Waals surface area (Å²) < 4.78 is 0. The molecule has 1 aliphatic rings. The van der Waals surface area contributed by atoms with Crippen LogP contribution in [0.15, 0.2) is 84.5 Å². The third-order valence-corrected chi connectivity index (χ3v) is 5.74. The van der Waals surface area contributed by atoms with Gasteiger partial charge >= 0.3 is 103 Å². The van der Waals surface area contributed by atoms with Crippen LogP contribution in [0.2, 0.25) is 0 Å². The van der Waals surface area contributed by atoms with E-state index < -0.39 is 0 Å². The molecule has 4 rings (SSSR count). The van der Waals surface area contributed by atoms with Crippen LogP contribution < -0.4 is 108 Å². The van der Waals surface area contributed by atoms with Crippen LogP contribution in [0.5, 0.6) is 0 Å². The molecule has 0 saturated carbocycles. The van der Waals surface area contributed by atoms with Crippen LogP contribution >= 0.6 is 0 Å². The zero-order valence-corrected chi connectivity index (χ0v) is 29.3. The van der Waals surface area contributed by atoms with Crippen LogP contribution in [0.4, 0.5) is 5.69 Å². The molecule has 0 N–H and O–H groups in total. The summed E-state index contributed by atoms with van der Waals surface area (Å²) in [5.74, 6) is 0. The van der Waals surface area contributed by atoms with Gasteiger partial charge in [0, 0.05) is 18.8 Å². The standard InChI is InChI=1S/C30H33N.2CH3.2K/c1-30(2,3)20-19-24-14-17-29(18-15-24)31(22-25-9-5-4-6-10-25)23-26-13-16-27-11-7-8-12-28(27)21-26;;;;/h5,7-9,11-19,21H,4,6,20,22-23H2,1-3H3;2*1H3;;/q-2;2*-1;2*+1. The molecule has 0 fully saturated rings. The summed E-state index contributed by atoms with van der Waals surface area (Å²) in [6.07, 6.45) is 13.6. The van der Waals surface area contributed by atoms with Gasteiger partial charge in [0.05, 0.1) is 0 Å². The van der Waals surface area contributed by atoms with E-state index in [0.29, 0.717) is 5.41 Å². The minimum atomic E-state index is 0. The molecule has 3 heteroatoms. The van der Waals surface area contributed by atoms with Gasteiger partial charge in [-0.05, 0) is 27.8 Å². The van der Waals surface area contributed by atoms with E-state index in [1.807, 2.05) is 0 Å². The molecule has 35 heavy (non-hydrogen) atoms. The predicted octanol–water partition coefficient (Wildman–Crippen LogP) is 2.82. The summed E-state index contributed by atoms with van der Waals surface area (Å²) in [5, 5.41) is 2.60. The summed E-state index contributed by atoms with van der Waals surface area (Å²) in [6, 6.07) is 24.4. The summed E-state index contributed by atoms with van der Waals surface area (Å²) in [5.41, 5.74) is 5.50. The van der Waals surface area contributed by atoms with Gasteiger partial charge in [-0.25, -0.2) is 11.6 Å². The van der Waals surface area contributed by atoms with E-state index in [4.69, 9.17) is 0 Å². The number of hydrogen-bond acceptors (Lipinski definition) is 1. The van der Waals surface area contributed by atoms with Crippen molar-refractivity contribution < 1.29 is 103 Å². The van der Waals surface area contributed by atoms with E-state index in [1.54, 1.807) is 0 Å². The van der Waals surface area contributed by atoms with Crippen molar-refractivity contribution in [1.82, 2.24) is 0 Å². The van der Waals surface area contributed by atoms with Gasteiger partial charge in [-0.3, -0.25) is 6.08 Å². The third-order valence-electron chi connectivity index (χ3n) is 5.74. The summed E-state index contributed by atoms with van der Waals surface area (Å²) in [4.78, 5) is 2.47. The van der Waals surface area contributed by atoms with E-state index in [2.05, 4.69) is 117 Å². The molecule has 0 aromatic heterocycles. The minimum absolute atomic E-state index is 0. The summed E-state index contributed by atoms with van der Waals surface area (Å²) in [7, 11) is 0. The Kier molecular flexibility index (Phi) is 17.2. The second kappa shape index (κ2) is 17.0. The zero-order valence-electron chi connectivity index (χ0n) is 23.1. The molecule has 1 aliphatic carbocycles. The van der Waals surface area contributed by atoms with Crippen molar-refractivity contribution in [3.63, 3.8) is 0 Å². The van der Waals surface area contributed by atoms with Crippen LogP contribution in [-0.4, -0.2) is 6.54 Å². The van der Waals surface area contributed by atoms with Gasteiger partial charge in [0.2, 0.25) is 0 Å². The molecule has 3 aromatic rings. The minimum Gasteiger partial charge on any atom is -0.368 e. The quantitative estimate of drug-likeness (QED) is 0.346. The Morgan fingerprint density at radius 2 is 1.54 bits per heavy atom. The van der Waals surface area contributed by atoms with Gasteiger partial charge < -0.3 is 19.8 Å². The molecule has 0 spiro atoms. The Morgan fingerprint density at radius 3 is 2.17 bits per heavy atom. The van der Waals surface area contributed by atoms with E-state index in [0.717, 1.165) is 32.4 Å². The van der Waals surface area contributed by atoms with Crippen molar-refractivity contribution in [2.75, 3.05) is 11.4 Å². The third kappa shape index (κ3) is 11.3. The normalized spacial score (nSPS) is 12.3. The first-order chi connectivity index (χ1) is 15.0. The monoisotopic (exact) mass is 515 g/mol. The molecule has 0 heterocycles. The summed E-state index contributed by atoms with van der Waals surface area (Å²) >= 11 is 0. The van der Waals surface area contributed by atoms with Gasteiger partial charge in [0.1, 0.15) is 0 Å². The number of nitrogens with zero attached hydrogens (tertiary/aromatic N) is 1. The van der Waals surface area contributed by atoms with Gasteiger partial charge in [-0.2, -0.15) is 30.2 Å². The maximum atomic E-state index is 3.57. The van der Waals surface area contributed by atoms with E-state index >= 15 is 0 Å². The Labute approximate surface area is 300 Å². The first-order valence-corrected chi connectivity index (χ1v) is 11.4. The van der Waals surface area contributed by atoms with Crippen LogP contribution in [-0.2, 0) is 6.54 Å². The second-order valence-electron chi connectivity index (χ2n) is 9.74. The number of benzene rings is 3. The van der Waals surface area contributed by atoms with Crippen molar-refractivity contribution in [2.45, 2.75) is 46.6 Å². The molecule has 0 amide bonds. The molecule has 0 unspecified atom stereocenters. The zero-order chi connectivity index (χ0) is 21.7. The molecule has 0 atom stereocenters. The Balaban J connectivity index is 0.00000289. The number of allylic oxidation sites excluding steroid dienone is 2. The van der Waals surface area contributed by atoms with Crippen molar-refractivity contribution in [3.8, 4) is 0 Å². The Bertz CT molecular complexity index is 1070. The van der Waals surface area contributed by atoms with Gasteiger partial charge in [0.15, 0.2) is 0 Å². The van der Waals surface area contributed by atoms with E-state index in [-0.39, 0.29) is 118 Å². The molecule has 0 radical (unpaired) electrons. The molecule has 176 valence electrons. The van der Waals surface area contributed by atoms with Gasteiger partial charge in [0.25, 0.3) is 0 Å². The molecule has 3 aromatic carbocycles. The fourth-order valence-corrected chi connectivity index (χ4v) is 3.96. The van der Waals surface area contributed by atoms with E-state index in [9.17, 15) is 0 Å². The van der Waals surface area contributed by atoms with Crippen LogP contribution in [0.3, 0.4) is 0 Å². The first-order valence-electron chi connectivity index (χ1n) is 11.4. The smallest absolute Gasteiger partial charge is 0.368 e. The van der Waals surface area contributed by atoms with Crippen LogP contribution in [0.1, 0.15) is 51.2 Å². The van der Waals surface area contributed by atoms with E-state index in [1.165, 1.54) is 33.2 Å². The molecular weight excluding hydrogens is 477 g/mol. The van der Waals surface area contributed by atoms with Crippen molar-refractivity contribution in [3.05, 3.63) is 123 Å². The summed E-state index contributed by atoms with van der Waals surface area (Å²) in [6.45, 7) is 8.62. The molecule has 0 saturated heterocycles. The average molecular weight is 516 g/mol. The maximum Gasteiger partial charge on any atom is 1.00 e. The first kappa shape index (κ1) is 35.3. The molecule has 1 nitrogen and oxygen atoms in total. The molecule has 0 bridgehead atoms. The number of fused-ring (bicyclic) bond motifs is 1. The van der Waals surface area contributed by atoms with Crippen molar-refractivity contribution >= 4 is 16.5 Å². The largest absolute Gasteiger partial charge is 1.00 e. The van der Waals surface area contributed by atoms with Crippen LogP contribution in [0.25, 0.3) is 10.8 Å². The van der Waals surface area contributed by atoms with Crippen LogP contribution in [0, 0.1) is 32.8 Å². The average Bonchev–Trinajstić information content (AvgIpc) is 2.78. The topological polar surface area (TPSA) is 3.24 Å². The Morgan fingerprint density at radius 1 is 0.857 bits per heavy atom. The fourth-order valence-electron chi connectivity index (χ4n) is 3.96. The van der Waals surface area contributed by atoms with Crippen molar-refractivity contribution in [1.29, 1.82) is 0 Å². The van der Waals surface area contributed by atoms with Gasteiger partial charge in [-0.15, -0.1) is 6.42 Å².